The van der Waals surface area contributed by atoms with Gasteiger partial charge in [0.2, 0.25) is 5.91 Å². The zero-order chi connectivity index (χ0) is 16.9. The van der Waals surface area contributed by atoms with E-state index in [0.717, 1.165) is 12.1 Å². The van der Waals surface area contributed by atoms with Gasteiger partial charge in [-0.1, -0.05) is 48.5 Å². The lowest BCUT2D eigenvalue weighted by molar-refractivity contribution is -0.137. The predicted octanol–water partition coefficient (Wildman–Crippen LogP) is 3.81. The lowest BCUT2D eigenvalue weighted by Gasteiger charge is -2.53. The monoisotopic (exact) mass is 321 g/mol. The number of para-hydroxylation sites is 1. The molecule has 0 unspecified atom stereocenters. The first-order chi connectivity index (χ1) is 11.5. The van der Waals surface area contributed by atoms with E-state index < -0.39 is 0 Å². The van der Waals surface area contributed by atoms with Gasteiger partial charge in [0.15, 0.2) is 0 Å². The summed E-state index contributed by atoms with van der Waals surface area (Å²) in [7, 11) is 0. The third kappa shape index (κ3) is 2.35. The van der Waals surface area contributed by atoms with Crippen LogP contribution in [0, 0.1) is 5.41 Å². The molecule has 2 aliphatic rings. The zero-order valence-corrected chi connectivity index (χ0v) is 14.4. The average molecular weight is 321 g/mol. The van der Waals surface area contributed by atoms with Gasteiger partial charge in [0, 0.05) is 5.69 Å². The largest absolute Gasteiger partial charge is 0.368 e. The second kappa shape index (κ2) is 5.45. The van der Waals surface area contributed by atoms with Crippen molar-refractivity contribution in [1.29, 1.82) is 0 Å². The van der Waals surface area contributed by atoms with Gasteiger partial charge in [-0.25, -0.2) is 0 Å². The average Bonchev–Trinajstić information content (AvgIpc) is 3.29. The predicted molar refractivity (Wildman–Crippen MR) is 95.1 cm³/mol. The topological polar surface area (TPSA) is 32.8 Å². The van der Waals surface area contributed by atoms with Crippen molar-refractivity contribution in [3.63, 3.8) is 0 Å². The minimum atomic E-state index is -0.352. The van der Waals surface area contributed by atoms with Crippen molar-refractivity contribution >= 4 is 11.6 Å². The Morgan fingerprint density at radius 3 is 2.33 bits per heavy atom. The van der Waals surface area contributed by atoms with Crippen molar-refractivity contribution in [1.82, 2.24) is 0 Å². The molecule has 2 heterocycles. The van der Waals surface area contributed by atoms with Gasteiger partial charge in [0.1, 0.15) is 6.10 Å². The van der Waals surface area contributed by atoms with Gasteiger partial charge in [-0.3, -0.25) is 4.79 Å². The Morgan fingerprint density at radius 1 is 1.04 bits per heavy atom. The Bertz CT molecular complexity index is 768. The van der Waals surface area contributed by atoms with Gasteiger partial charge in [-0.15, -0.1) is 0 Å². The number of amides is 1. The lowest BCUT2D eigenvalue weighted by Crippen LogP contribution is -2.69. The van der Waals surface area contributed by atoms with Crippen molar-refractivity contribution in [2.75, 3.05) is 4.90 Å². The summed E-state index contributed by atoms with van der Waals surface area (Å²) in [6, 6.07) is 18.7. The number of anilines is 1. The van der Waals surface area contributed by atoms with Crippen LogP contribution in [0.5, 0.6) is 0 Å². The summed E-state index contributed by atoms with van der Waals surface area (Å²) in [6.45, 7) is 6.15. The third-order valence-electron chi connectivity index (χ3n) is 5.35. The zero-order valence-electron chi connectivity index (χ0n) is 14.4. The molecule has 24 heavy (non-hydrogen) atoms. The van der Waals surface area contributed by atoms with Crippen LogP contribution in [0.15, 0.2) is 54.6 Å². The van der Waals surface area contributed by atoms with Gasteiger partial charge in [0.25, 0.3) is 0 Å². The molecular formula is C21H23NO2. The number of ether oxygens (including phenoxy) is 1. The van der Waals surface area contributed by atoms with Crippen molar-refractivity contribution in [3.8, 4) is 0 Å². The molecule has 0 bridgehead atoms. The molecule has 2 aliphatic heterocycles. The smallest absolute Gasteiger partial charge is 0.235 e. The number of benzene rings is 2. The van der Waals surface area contributed by atoms with Crippen LogP contribution in [-0.2, 0) is 16.0 Å². The van der Waals surface area contributed by atoms with Crippen LogP contribution < -0.4 is 4.90 Å². The minimum absolute atomic E-state index is 0.122. The molecule has 2 fully saturated rings. The highest BCUT2D eigenvalue weighted by Gasteiger charge is 2.63. The Labute approximate surface area is 143 Å². The third-order valence-corrected chi connectivity index (χ3v) is 5.35. The molecular weight excluding hydrogens is 298 g/mol. The summed E-state index contributed by atoms with van der Waals surface area (Å²) in [4.78, 5) is 14.8. The number of β-lactam (4-membered cyclic amide) rings is 1. The number of hydrogen-bond acceptors (Lipinski definition) is 2. The highest BCUT2D eigenvalue weighted by Crippen LogP contribution is 2.49. The van der Waals surface area contributed by atoms with E-state index in [4.69, 9.17) is 4.74 Å². The molecule has 0 saturated carbocycles. The summed E-state index contributed by atoms with van der Waals surface area (Å²) in [6.07, 6.45) is 1.23. The number of rotatable bonds is 4. The maximum Gasteiger partial charge on any atom is 0.235 e. The highest BCUT2D eigenvalue weighted by atomic mass is 16.6. The molecule has 0 spiro atoms. The summed E-state index contributed by atoms with van der Waals surface area (Å²) in [5.74, 6) is 0.190. The molecule has 1 amide bonds. The molecule has 0 radical (unpaired) electrons. The van der Waals surface area contributed by atoms with Crippen LogP contribution >= 0.6 is 0 Å². The fourth-order valence-corrected chi connectivity index (χ4v) is 3.88. The standard InChI is InChI=1S/C21H23NO2/c1-14-18(24-14)19-21(2,3)20(23)22(19)17-12-8-7-11-16(17)13-15-9-5-4-6-10-15/h4-12,14,18-19H,13H2,1-3H3/t14-,18+,19-/m0/s1. The van der Waals surface area contributed by atoms with Gasteiger partial charge in [-0.05, 0) is 44.4 Å². The SMILES string of the molecule is C[C@@H]1O[C@H]1[C@@H]1N(c2ccccc2Cc2ccccc2)C(=O)C1(C)C. The van der Waals surface area contributed by atoms with Crippen molar-refractivity contribution in [2.45, 2.75) is 45.4 Å². The Hall–Kier alpha value is -2.13. The highest BCUT2D eigenvalue weighted by molar-refractivity contribution is 6.06. The summed E-state index contributed by atoms with van der Waals surface area (Å²) >= 11 is 0. The number of carbonyl (C=O) groups excluding carboxylic acids is 1. The summed E-state index contributed by atoms with van der Waals surface area (Å²) in [5.41, 5.74) is 3.11. The Balaban J connectivity index is 1.68. The van der Waals surface area contributed by atoms with Crippen LogP contribution in [0.4, 0.5) is 5.69 Å². The van der Waals surface area contributed by atoms with Crippen LogP contribution in [-0.4, -0.2) is 24.2 Å². The maximum absolute atomic E-state index is 12.8. The van der Waals surface area contributed by atoms with Crippen LogP contribution in [0.25, 0.3) is 0 Å². The second-order valence-electron chi connectivity index (χ2n) is 7.44. The Kier molecular flexibility index (Phi) is 3.50. The van der Waals surface area contributed by atoms with Crippen molar-refractivity contribution in [3.05, 3.63) is 65.7 Å². The van der Waals surface area contributed by atoms with E-state index in [1.165, 1.54) is 11.1 Å². The van der Waals surface area contributed by atoms with E-state index in [-0.39, 0.29) is 29.6 Å². The molecule has 4 rings (SSSR count). The van der Waals surface area contributed by atoms with Gasteiger partial charge in [-0.2, -0.15) is 0 Å². The number of hydrogen-bond donors (Lipinski definition) is 0. The molecule has 3 nitrogen and oxygen atoms in total. The van der Waals surface area contributed by atoms with Crippen LogP contribution in [0.1, 0.15) is 31.9 Å². The molecule has 0 aliphatic carbocycles. The quantitative estimate of drug-likeness (QED) is 0.634. The minimum Gasteiger partial charge on any atom is -0.368 e. The maximum atomic E-state index is 12.8. The molecule has 2 saturated heterocycles. The normalized spacial score (nSPS) is 27.7. The number of nitrogens with zero attached hydrogens (tertiary/aromatic N) is 1. The molecule has 124 valence electrons. The van der Waals surface area contributed by atoms with E-state index in [2.05, 4.69) is 43.3 Å². The van der Waals surface area contributed by atoms with E-state index in [9.17, 15) is 4.79 Å². The van der Waals surface area contributed by atoms with E-state index in [0.29, 0.717) is 0 Å². The first-order valence-electron chi connectivity index (χ1n) is 8.61. The summed E-state index contributed by atoms with van der Waals surface area (Å²) in [5, 5.41) is 0. The fraction of sp³-hybridized carbons (Fsp3) is 0.381. The van der Waals surface area contributed by atoms with Crippen LogP contribution in [0.2, 0.25) is 0 Å². The molecule has 2 aromatic rings. The number of carbonyl (C=O) groups is 1. The van der Waals surface area contributed by atoms with Crippen molar-refractivity contribution < 1.29 is 9.53 Å². The summed E-state index contributed by atoms with van der Waals surface area (Å²) < 4.78 is 5.72. The first-order valence-corrected chi connectivity index (χ1v) is 8.61. The van der Waals surface area contributed by atoms with Gasteiger partial charge >= 0.3 is 0 Å². The lowest BCUT2D eigenvalue weighted by atomic mass is 9.71. The van der Waals surface area contributed by atoms with E-state index in [1.54, 1.807) is 0 Å². The van der Waals surface area contributed by atoms with Crippen LogP contribution in [0.3, 0.4) is 0 Å². The molecule has 0 N–H and O–H groups in total. The van der Waals surface area contributed by atoms with E-state index in [1.807, 2.05) is 36.9 Å². The molecule has 0 aromatic heterocycles. The number of epoxide rings is 1. The van der Waals surface area contributed by atoms with E-state index >= 15 is 0 Å². The fourth-order valence-electron chi connectivity index (χ4n) is 3.88. The van der Waals surface area contributed by atoms with Crippen molar-refractivity contribution in [2.24, 2.45) is 5.41 Å². The molecule has 3 heteroatoms. The Morgan fingerprint density at radius 2 is 1.67 bits per heavy atom. The second-order valence-corrected chi connectivity index (χ2v) is 7.44. The van der Waals surface area contributed by atoms with Gasteiger partial charge < -0.3 is 9.64 Å². The first kappa shape index (κ1) is 15.4. The molecule has 3 atom stereocenters. The molecule has 2 aromatic carbocycles. The van der Waals surface area contributed by atoms with Gasteiger partial charge in [0.05, 0.1) is 17.6 Å².